The molecule has 1 nitrogen and oxygen atoms in total. The van der Waals surface area contributed by atoms with E-state index in [9.17, 15) is 0 Å². The first-order valence-electron chi connectivity index (χ1n) is 5.13. The fourth-order valence-electron chi connectivity index (χ4n) is 2.10. The van der Waals surface area contributed by atoms with Gasteiger partial charge in [-0.2, -0.15) is 0 Å². The molecule has 0 radical (unpaired) electrons. The Hall–Kier alpha value is -1.21. The molecular weight excluding hydrogens is 206 g/mol. The van der Waals surface area contributed by atoms with E-state index in [0.29, 0.717) is 0 Å². The second-order valence-corrected chi connectivity index (χ2v) is 4.06. The summed E-state index contributed by atoms with van der Waals surface area (Å²) >= 11 is 0. The molecule has 2 aromatic rings. The minimum Gasteiger partial charge on any atom is -0.398 e. The minimum absolute atomic E-state index is 0. The van der Waals surface area contributed by atoms with E-state index in [2.05, 4.69) is 30.3 Å². The number of hydrogen-bond donors (Lipinski definition) is 1. The van der Waals surface area contributed by atoms with E-state index in [1.807, 2.05) is 6.07 Å². The number of rotatable bonds is 1. The second-order valence-electron chi connectivity index (χ2n) is 4.06. The van der Waals surface area contributed by atoms with E-state index in [0.717, 1.165) is 11.6 Å². The van der Waals surface area contributed by atoms with Crippen LogP contribution >= 0.6 is 12.4 Å². The van der Waals surface area contributed by atoms with Crippen molar-refractivity contribution in [3.05, 3.63) is 42.0 Å². The molecule has 2 heteroatoms. The summed E-state index contributed by atoms with van der Waals surface area (Å²) in [5, 5.41) is 2.55. The Labute approximate surface area is 95.7 Å². The number of anilines is 1. The Kier molecular flexibility index (Phi) is 2.57. The number of fused-ring (bicyclic) bond motifs is 1. The lowest BCUT2D eigenvalue weighted by molar-refractivity contribution is 1.15. The summed E-state index contributed by atoms with van der Waals surface area (Å²) in [4.78, 5) is 0. The molecule has 0 bridgehead atoms. The quantitative estimate of drug-likeness (QED) is 0.727. The maximum Gasteiger partial charge on any atom is 0.0393 e. The Balaban J connectivity index is 0.000000853. The Morgan fingerprint density at radius 3 is 2.27 bits per heavy atom. The minimum atomic E-state index is 0. The van der Waals surface area contributed by atoms with Gasteiger partial charge in [0.1, 0.15) is 0 Å². The van der Waals surface area contributed by atoms with Crippen LogP contribution in [0.5, 0.6) is 0 Å². The van der Waals surface area contributed by atoms with Gasteiger partial charge in [0.25, 0.3) is 0 Å². The van der Waals surface area contributed by atoms with Crippen LogP contribution in [0.3, 0.4) is 0 Å². The zero-order valence-corrected chi connectivity index (χ0v) is 9.26. The zero-order valence-electron chi connectivity index (χ0n) is 8.44. The molecule has 0 amide bonds. The predicted octanol–water partition coefficient (Wildman–Crippen LogP) is 3.72. The van der Waals surface area contributed by atoms with Gasteiger partial charge in [0.05, 0.1) is 0 Å². The van der Waals surface area contributed by atoms with Crippen LogP contribution in [0.4, 0.5) is 5.69 Å². The second kappa shape index (κ2) is 3.74. The van der Waals surface area contributed by atoms with Crippen LogP contribution in [0.15, 0.2) is 36.4 Å². The standard InChI is InChI=1S/C13H13N.ClH/c14-13-8-7-10(9-5-6-9)11-3-1-2-4-12(11)13;/h1-4,7-9H,5-6,14H2;1H. The molecule has 0 aliphatic heterocycles. The van der Waals surface area contributed by atoms with Crippen molar-refractivity contribution >= 4 is 28.9 Å². The fraction of sp³-hybridized carbons (Fsp3) is 0.231. The average molecular weight is 220 g/mol. The number of nitrogen functional groups attached to an aromatic ring is 1. The van der Waals surface area contributed by atoms with Crippen molar-refractivity contribution in [2.45, 2.75) is 18.8 Å². The van der Waals surface area contributed by atoms with E-state index >= 15 is 0 Å². The first kappa shape index (κ1) is 10.3. The maximum absolute atomic E-state index is 5.95. The molecule has 0 aromatic heterocycles. The zero-order chi connectivity index (χ0) is 9.54. The van der Waals surface area contributed by atoms with Crippen LogP contribution in [0.25, 0.3) is 10.8 Å². The summed E-state index contributed by atoms with van der Waals surface area (Å²) in [6, 6.07) is 12.7. The van der Waals surface area contributed by atoms with Crippen molar-refractivity contribution in [3.63, 3.8) is 0 Å². The van der Waals surface area contributed by atoms with Gasteiger partial charge in [0.15, 0.2) is 0 Å². The first-order chi connectivity index (χ1) is 6.86. The molecule has 0 unspecified atom stereocenters. The van der Waals surface area contributed by atoms with E-state index in [4.69, 9.17) is 5.73 Å². The average Bonchev–Trinajstić information content (AvgIpc) is 3.03. The van der Waals surface area contributed by atoms with Gasteiger partial charge in [-0.05, 0) is 35.8 Å². The SMILES string of the molecule is Cl.Nc1ccc(C2CC2)c2ccccc12. The molecule has 78 valence electrons. The molecule has 1 fully saturated rings. The molecule has 0 spiro atoms. The van der Waals surface area contributed by atoms with Gasteiger partial charge in [-0.15, -0.1) is 12.4 Å². The molecule has 0 heterocycles. The maximum atomic E-state index is 5.95. The van der Waals surface area contributed by atoms with Gasteiger partial charge in [-0.3, -0.25) is 0 Å². The number of nitrogens with two attached hydrogens (primary N) is 1. The van der Waals surface area contributed by atoms with E-state index in [-0.39, 0.29) is 12.4 Å². The molecular formula is C13H14ClN. The van der Waals surface area contributed by atoms with Crippen LogP contribution in [-0.4, -0.2) is 0 Å². The van der Waals surface area contributed by atoms with Crippen LogP contribution in [0, 0.1) is 0 Å². The monoisotopic (exact) mass is 219 g/mol. The Morgan fingerprint density at radius 2 is 1.60 bits per heavy atom. The number of hydrogen-bond acceptors (Lipinski definition) is 1. The third-order valence-electron chi connectivity index (χ3n) is 3.01. The van der Waals surface area contributed by atoms with Crippen molar-refractivity contribution in [2.75, 3.05) is 5.73 Å². The lowest BCUT2D eigenvalue weighted by Crippen LogP contribution is -1.90. The van der Waals surface area contributed by atoms with Crippen molar-refractivity contribution in [3.8, 4) is 0 Å². The van der Waals surface area contributed by atoms with Crippen LogP contribution in [0.2, 0.25) is 0 Å². The molecule has 1 aliphatic carbocycles. The highest BCUT2D eigenvalue weighted by Gasteiger charge is 2.25. The molecule has 1 saturated carbocycles. The molecule has 3 rings (SSSR count). The smallest absolute Gasteiger partial charge is 0.0393 e. The third kappa shape index (κ3) is 1.68. The highest BCUT2D eigenvalue weighted by Crippen LogP contribution is 2.43. The van der Waals surface area contributed by atoms with E-state index in [1.165, 1.54) is 29.2 Å². The fourth-order valence-corrected chi connectivity index (χ4v) is 2.10. The number of benzene rings is 2. The van der Waals surface area contributed by atoms with Crippen LogP contribution in [-0.2, 0) is 0 Å². The normalized spacial score (nSPS) is 14.9. The highest BCUT2D eigenvalue weighted by molar-refractivity contribution is 5.95. The van der Waals surface area contributed by atoms with E-state index < -0.39 is 0 Å². The largest absolute Gasteiger partial charge is 0.398 e. The lowest BCUT2D eigenvalue weighted by atomic mass is 10.00. The lowest BCUT2D eigenvalue weighted by Gasteiger charge is -2.07. The van der Waals surface area contributed by atoms with Gasteiger partial charge < -0.3 is 5.73 Å². The summed E-state index contributed by atoms with van der Waals surface area (Å²) in [5.41, 5.74) is 8.32. The van der Waals surface area contributed by atoms with Crippen molar-refractivity contribution in [1.82, 2.24) is 0 Å². The predicted molar refractivity (Wildman–Crippen MR) is 67.6 cm³/mol. The molecule has 0 saturated heterocycles. The Morgan fingerprint density at radius 1 is 0.933 bits per heavy atom. The summed E-state index contributed by atoms with van der Waals surface area (Å²) in [7, 11) is 0. The van der Waals surface area contributed by atoms with Crippen molar-refractivity contribution in [1.29, 1.82) is 0 Å². The van der Waals surface area contributed by atoms with Crippen molar-refractivity contribution < 1.29 is 0 Å². The highest BCUT2D eigenvalue weighted by atomic mass is 35.5. The summed E-state index contributed by atoms with van der Waals surface area (Å²) < 4.78 is 0. The summed E-state index contributed by atoms with van der Waals surface area (Å²) in [6.45, 7) is 0. The molecule has 1 aliphatic rings. The number of halogens is 1. The van der Waals surface area contributed by atoms with Gasteiger partial charge >= 0.3 is 0 Å². The van der Waals surface area contributed by atoms with Crippen LogP contribution in [0.1, 0.15) is 24.3 Å². The Bertz CT molecular complexity index is 489. The van der Waals surface area contributed by atoms with E-state index in [1.54, 1.807) is 0 Å². The molecule has 2 N–H and O–H groups in total. The van der Waals surface area contributed by atoms with Gasteiger partial charge in [0.2, 0.25) is 0 Å². The first-order valence-corrected chi connectivity index (χ1v) is 5.13. The third-order valence-corrected chi connectivity index (χ3v) is 3.01. The van der Waals surface area contributed by atoms with Crippen molar-refractivity contribution in [2.24, 2.45) is 0 Å². The summed E-state index contributed by atoms with van der Waals surface area (Å²) in [6.07, 6.45) is 2.68. The topological polar surface area (TPSA) is 26.0 Å². The van der Waals surface area contributed by atoms with Gasteiger partial charge in [0, 0.05) is 11.1 Å². The van der Waals surface area contributed by atoms with Crippen LogP contribution < -0.4 is 5.73 Å². The summed E-state index contributed by atoms with van der Waals surface area (Å²) in [5.74, 6) is 0.792. The molecule has 15 heavy (non-hydrogen) atoms. The molecule has 0 atom stereocenters. The van der Waals surface area contributed by atoms with Gasteiger partial charge in [-0.1, -0.05) is 30.3 Å². The molecule has 2 aromatic carbocycles. The van der Waals surface area contributed by atoms with Gasteiger partial charge in [-0.25, -0.2) is 0 Å².